The molecule has 3 heterocycles. The Morgan fingerprint density at radius 2 is 2.08 bits per heavy atom. The Bertz CT molecular complexity index is 1040. The third kappa shape index (κ3) is 2.01. The maximum atomic E-state index is 12.8. The Morgan fingerprint density at radius 3 is 2.83 bits per heavy atom. The molecule has 1 aromatic carbocycles. The summed E-state index contributed by atoms with van der Waals surface area (Å²) in [5, 5.41) is 4.26. The topological polar surface area (TPSA) is 64.3 Å². The van der Waals surface area contributed by atoms with Gasteiger partial charge in [0.15, 0.2) is 0 Å². The second kappa shape index (κ2) is 5.37. The average molecular weight is 319 g/mol. The molecule has 3 aromatic rings. The number of para-hydroxylation sites is 1. The molecule has 5 heteroatoms. The van der Waals surface area contributed by atoms with Crippen molar-refractivity contribution in [2.75, 3.05) is 0 Å². The lowest BCUT2D eigenvalue weighted by molar-refractivity contribution is 0.679. The number of rotatable bonds is 3. The van der Waals surface area contributed by atoms with Crippen LogP contribution < -0.4 is 5.56 Å². The fraction of sp³-hybridized carbons (Fsp3) is 0.263. The number of benzene rings is 1. The molecule has 0 amide bonds. The molecule has 0 saturated heterocycles. The van der Waals surface area contributed by atoms with E-state index in [-0.39, 0.29) is 5.56 Å². The SMILES string of the molecule is CCC(N=O)c1cc2n(c(=O)c1C)Cc1cc3ccccc3nc1-2. The van der Waals surface area contributed by atoms with Crippen molar-refractivity contribution in [1.29, 1.82) is 0 Å². The van der Waals surface area contributed by atoms with Gasteiger partial charge in [-0.25, -0.2) is 4.98 Å². The maximum absolute atomic E-state index is 12.8. The van der Waals surface area contributed by atoms with Crippen LogP contribution in [0.3, 0.4) is 0 Å². The lowest BCUT2D eigenvalue weighted by Crippen LogP contribution is -2.23. The summed E-state index contributed by atoms with van der Waals surface area (Å²) in [6.45, 7) is 4.19. The van der Waals surface area contributed by atoms with Crippen LogP contribution in [-0.4, -0.2) is 9.55 Å². The van der Waals surface area contributed by atoms with Crippen LogP contribution in [0.5, 0.6) is 0 Å². The quantitative estimate of drug-likeness (QED) is 0.537. The molecule has 1 unspecified atom stereocenters. The van der Waals surface area contributed by atoms with Gasteiger partial charge in [0.2, 0.25) is 0 Å². The van der Waals surface area contributed by atoms with Crippen molar-refractivity contribution in [3.05, 3.63) is 68.3 Å². The molecule has 120 valence electrons. The number of fused-ring (bicyclic) bond motifs is 4. The summed E-state index contributed by atoms with van der Waals surface area (Å²) in [4.78, 5) is 28.7. The van der Waals surface area contributed by atoms with E-state index in [2.05, 4.69) is 11.2 Å². The zero-order valence-corrected chi connectivity index (χ0v) is 13.6. The fourth-order valence-corrected chi connectivity index (χ4v) is 3.49. The molecule has 4 rings (SSSR count). The van der Waals surface area contributed by atoms with Crippen molar-refractivity contribution in [3.63, 3.8) is 0 Å². The molecular formula is C19H17N3O2. The van der Waals surface area contributed by atoms with Gasteiger partial charge >= 0.3 is 0 Å². The number of hydrogen-bond acceptors (Lipinski definition) is 4. The van der Waals surface area contributed by atoms with Crippen LogP contribution in [0.1, 0.15) is 36.1 Å². The molecule has 0 radical (unpaired) electrons. The van der Waals surface area contributed by atoms with Gasteiger partial charge in [0.25, 0.3) is 5.56 Å². The van der Waals surface area contributed by atoms with Gasteiger partial charge in [-0.1, -0.05) is 30.3 Å². The van der Waals surface area contributed by atoms with E-state index >= 15 is 0 Å². The smallest absolute Gasteiger partial charge is 0.254 e. The van der Waals surface area contributed by atoms with Crippen molar-refractivity contribution in [2.24, 2.45) is 5.18 Å². The summed E-state index contributed by atoms with van der Waals surface area (Å²) < 4.78 is 1.74. The minimum atomic E-state index is -0.492. The van der Waals surface area contributed by atoms with E-state index in [1.54, 1.807) is 11.5 Å². The Balaban J connectivity index is 2.00. The standard InChI is InChI=1S/C19H17N3O2/c1-3-15(21-24)14-9-17-18-13(10-22(17)19(23)11(14)2)8-12-6-4-5-7-16(12)20-18/h4-9,15H,3,10H2,1-2H3. The molecule has 0 bridgehead atoms. The summed E-state index contributed by atoms with van der Waals surface area (Å²) in [5.41, 5.74) is 4.80. The third-order valence-electron chi connectivity index (χ3n) is 4.83. The minimum absolute atomic E-state index is 0.0633. The Morgan fingerprint density at radius 1 is 1.29 bits per heavy atom. The Hall–Kier alpha value is -2.82. The fourth-order valence-electron chi connectivity index (χ4n) is 3.49. The molecule has 2 aromatic heterocycles. The van der Waals surface area contributed by atoms with Crippen molar-refractivity contribution in [1.82, 2.24) is 9.55 Å². The number of hydrogen-bond donors (Lipinski definition) is 0. The van der Waals surface area contributed by atoms with Crippen molar-refractivity contribution in [2.45, 2.75) is 32.9 Å². The molecule has 24 heavy (non-hydrogen) atoms. The number of pyridine rings is 2. The maximum Gasteiger partial charge on any atom is 0.254 e. The molecular weight excluding hydrogens is 302 g/mol. The summed E-state index contributed by atoms with van der Waals surface area (Å²) in [6.07, 6.45) is 0.575. The highest BCUT2D eigenvalue weighted by Crippen LogP contribution is 2.34. The molecule has 0 fully saturated rings. The number of nitrogens with zero attached hydrogens (tertiary/aromatic N) is 3. The van der Waals surface area contributed by atoms with E-state index in [0.29, 0.717) is 24.1 Å². The normalized spacial score (nSPS) is 13.6. The Kier molecular flexibility index (Phi) is 3.30. The van der Waals surface area contributed by atoms with Crippen molar-refractivity contribution >= 4 is 10.9 Å². The van der Waals surface area contributed by atoms with Gasteiger partial charge in [-0.05, 0) is 37.1 Å². The van der Waals surface area contributed by atoms with Gasteiger partial charge in [-0.15, -0.1) is 0 Å². The first-order chi connectivity index (χ1) is 11.6. The first-order valence-corrected chi connectivity index (χ1v) is 8.10. The first-order valence-electron chi connectivity index (χ1n) is 8.10. The minimum Gasteiger partial charge on any atom is -0.302 e. The van der Waals surface area contributed by atoms with Gasteiger partial charge in [0.1, 0.15) is 6.04 Å². The van der Waals surface area contributed by atoms with E-state index in [1.165, 1.54) is 0 Å². The predicted molar refractivity (Wildman–Crippen MR) is 94.1 cm³/mol. The first kappa shape index (κ1) is 14.8. The zero-order chi connectivity index (χ0) is 16.8. The molecule has 1 aliphatic heterocycles. The summed E-state index contributed by atoms with van der Waals surface area (Å²) in [5.74, 6) is 0. The van der Waals surface area contributed by atoms with Gasteiger partial charge in [-0.3, -0.25) is 4.79 Å². The monoisotopic (exact) mass is 319 g/mol. The van der Waals surface area contributed by atoms with Crippen LogP contribution in [0.2, 0.25) is 0 Å². The van der Waals surface area contributed by atoms with Crippen LogP contribution in [0.15, 0.2) is 46.4 Å². The summed E-state index contributed by atoms with van der Waals surface area (Å²) in [7, 11) is 0. The second-order valence-corrected chi connectivity index (χ2v) is 6.22. The number of nitroso groups, excluding NO2 is 1. The highest BCUT2D eigenvalue weighted by Gasteiger charge is 2.26. The van der Waals surface area contributed by atoms with Crippen LogP contribution in [0, 0.1) is 11.8 Å². The van der Waals surface area contributed by atoms with E-state index in [1.807, 2.05) is 37.3 Å². The van der Waals surface area contributed by atoms with Crippen molar-refractivity contribution < 1.29 is 0 Å². The number of aromatic nitrogens is 2. The van der Waals surface area contributed by atoms with Gasteiger partial charge < -0.3 is 4.57 Å². The molecule has 5 nitrogen and oxygen atoms in total. The lowest BCUT2D eigenvalue weighted by Gasteiger charge is -2.13. The molecule has 1 aliphatic rings. The lowest BCUT2D eigenvalue weighted by atomic mass is 10.00. The van der Waals surface area contributed by atoms with Crippen LogP contribution in [-0.2, 0) is 6.54 Å². The largest absolute Gasteiger partial charge is 0.302 e. The Labute approximate surface area is 138 Å². The van der Waals surface area contributed by atoms with Gasteiger partial charge in [0.05, 0.1) is 23.4 Å². The van der Waals surface area contributed by atoms with E-state index in [0.717, 1.165) is 27.9 Å². The molecule has 0 N–H and O–H groups in total. The predicted octanol–water partition coefficient (Wildman–Crippen LogP) is 3.95. The van der Waals surface area contributed by atoms with Gasteiger partial charge in [0, 0.05) is 16.5 Å². The zero-order valence-electron chi connectivity index (χ0n) is 13.6. The summed E-state index contributed by atoms with van der Waals surface area (Å²) >= 11 is 0. The van der Waals surface area contributed by atoms with Gasteiger partial charge in [-0.2, -0.15) is 4.91 Å². The van der Waals surface area contributed by atoms with Crippen LogP contribution in [0.4, 0.5) is 0 Å². The third-order valence-corrected chi connectivity index (χ3v) is 4.83. The summed E-state index contributed by atoms with van der Waals surface area (Å²) in [6, 6.07) is 11.4. The van der Waals surface area contributed by atoms with E-state index < -0.39 is 6.04 Å². The van der Waals surface area contributed by atoms with Crippen LogP contribution in [0.25, 0.3) is 22.3 Å². The van der Waals surface area contributed by atoms with E-state index in [4.69, 9.17) is 4.98 Å². The highest BCUT2D eigenvalue weighted by molar-refractivity contribution is 5.83. The molecule has 0 aliphatic carbocycles. The molecule has 0 saturated carbocycles. The second-order valence-electron chi connectivity index (χ2n) is 6.22. The molecule has 0 spiro atoms. The average Bonchev–Trinajstić information content (AvgIpc) is 2.96. The highest BCUT2D eigenvalue weighted by atomic mass is 16.3. The van der Waals surface area contributed by atoms with E-state index in [9.17, 15) is 9.70 Å². The van der Waals surface area contributed by atoms with Crippen LogP contribution >= 0.6 is 0 Å². The molecule has 1 atom stereocenters. The van der Waals surface area contributed by atoms with Crippen molar-refractivity contribution in [3.8, 4) is 11.4 Å².